The van der Waals surface area contributed by atoms with E-state index < -0.39 is 0 Å². The van der Waals surface area contributed by atoms with E-state index in [1.54, 1.807) is 12.4 Å². The maximum absolute atomic E-state index is 5.90. The average molecular weight is 159 g/mol. The molecule has 1 unspecified atom stereocenters. The minimum absolute atomic E-state index is 0.0787. The molecule has 0 radical (unpaired) electrons. The molecule has 1 atom stereocenters. The Bertz CT molecular complexity index is 163. The number of aliphatic imine (C=N–C) groups is 1. The van der Waals surface area contributed by atoms with Gasteiger partial charge < -0.3 is 4.90 Å². The van der Waals surface area contributed by atoms with E-state index in [1.807, 2.05) is 11.1 Å². The van der Waals surface area contributed by atoms with Gasteiger partial charge in [-0.3, -0.25) is 4.99 Å². The van der Waals surface area contributed by atoms with Gasteiger partial charge in [0.15, 0.2) is 0 Å². The second-order valence-electron chi connectivity index (χ2n) is 2.51. The Morgan fingerprint density at radius 1 is 1.60 bits per heavy atom. The lowest BCUT2D eigenvalue weighted by atomic mass is 10.3. The topological polar surface area (TPSA) is 15.6 Å². The lowest BCUT2D eigenvalue weighted by Crippen LogP contribution is -2.34. The highest BCUT2D eigenvalue weighted by Gasteiger charge is 2.14. The third kappa shape index (κ3) is 1.51. The summed E-state index contributed by atoms with van der Waals surface area (Å²) >= 11 is 5.90. The third-order valence-corrected chi connectivity index (χ3v) is 1.75. The summed E-state index contributed by atoms with van der Waals surface area (Å²) in [6.07, 6.45) is 5.38. The quantitative estimate of drug-likeness (QED) is 0.420. The molecule has 0 saturated heterocycles. The molecule has 2 nitrogen and oxygen atoms in total. The molecule has 0 aromatic heterocycles. The molecule has 0 N–H and O–H groups in total. The highest BCUT2D eigenvalue weighted by Crippen LogP contribution is 2.11. The zero-order chi connectivity index (χ0) is 7.56. The Labute approximate surface area is 66.2 Å². The molecule has 0 spiro atoms. The summed E-state index contributed by atoms with van der Waals surface area (Å²) in [6, 6.07) is 0.436. The van der Waals surface area contributed by atoms with Crippen molar-refractivity contribution in [2.24, 2.45) is 4.99 Å². The largest absolute Gasteiger partial charge is 0.353 e. The SMILES string of the molecule is CC(C)N1C=CN=CC1Cl. The van der Waals surface area contributed by atoms with E-state index in [4.69, 9.17) is 11.6 Å². The van der Waals surface area contributed by atoms with E-state index in [1.165, 1.54) is 0 Å². The fourth-order valence-electron chi connectivity index (χ4n) is 0.852. The van der Waals surface area contributed by atoms with Gasteiger partial charge in [-0.2, -0.15) is 0 Å². The number of hydrogen-bond donors (Lipinski definition) is 0. The molecule has 0 bridgehead atoms. The first-order chi connectivity index (χ1) is 4.72. The standard InChI is InChI=1S/C7H11ClN2/c1-6(2)10-4-3-9-5-7(10)8/h3-7H,1-2H3. The van der Waals surface area contributed by atoms with Gasteiger partial charge in [0, 0.05) is 24.7 Å². The highest BCUT2D eigenvalue weighted by molar-refractivity contribution is 6.28. The van der Waals surface area contributed by atoms with E-state index in [0.29, 0.717) is 6.04 Å². The molecule has 1 rings (SSSR count). The van der Waals surface area contributed by atoms with Crippen molar-refractivity contribution < 1.29 is 0 Å². The van der Waals surface area contributed by atoms with Gasteiger partial charge in [0.05, 0.1) is 0 Å². The van der Waals surface area contributed by atoms with Crippen LogP contribution in [0.4, 0.5) is 0 Å². The first kappa shape index (κ1) is 7.61. The van der Waals surface area contributed by atoms with Crippen LogP contribution in [-0.2, 0) is 0 Å². The van der Waals surface area contributed by atoms with Crippen LogP contribution in [0.5, 0.6) is 0 Å². The summed E-state index contributed by atoms with van der Waals surface area (Å²) < 4.78 is 0. The van der Waals surface area contributed by atoms with Crippen LogP contribution in [-0.4, -0.2) is 22.7 Å². The first-order valence-electron chi connectivity index (χ1n) is 3.33. The van der Waals surface area contributed by atoms with Gasteiger partial charge in [0.25, 0.3) is 0 Å². The van der Waals surface area contributed by atoms with Crippen molar-refractivity contribution in [3.05, 3.63) is 12.4 Å². The monoisotopic (exact) mass is 158 g/mol. The van der Waals surface area contributed by atoms with Crippen molar-refractivity contribution in [3.63, 3.8) is 0 Å². The van der Waals surface area contributed by atoms with E-state index in [0.717, 1.165) is 0 Å². The highest BCUT2D eigenvalue weighted by atomic mass is 35.5. The zero-order valence-corrected chi connectivity index (χ0v) is 6.92. The van der Waals surface area contributed by atoms with Crippen LogP contribution in [0.3, 0.4) is 0 Å². The summed E-state index contributed by atoms with van der Waals surface area (Å²) in [6.45, 7) is 4.19. The number of hydrogen-bond acceptors (Lipinski definition) is 2. The van der Waals surface area contributed by atoms with Gasteiger partial charge in [-0.15, -0.1) is 0 Å². The van der Waals surface area contributed by atoms with Crippen LogP contribution in [0.25, 0.3) is 0 Å². The molecule has 1 aliphatic heterocycles. The Kier molecular flexibility index (Phi) is 2.33. The van der Waals surface area contributed by atoms with E-state index in [9.17, 15) is 0 Å². The number of nitrogens with zero attached hydrogens (tertiary/aromatic N) is 2. The normalized spacial score (nSPS) is 24.4. The van der Waals surface area contributed by atoms with Gasteiger partial charge in [-0.05, 0) is 13.8 Å². The number of halogens is 1. The van der Waals surface area contributed by atoms with Gasteiger partial charge in [-0.25, -0.2) is 0 Å². The summed E-state index contributed by atoms with van der Waals surface area (Å²) in [5.41, 5.74) is -0.0787. The predicted octanol–water partition coefficient (Wildman–Crippen LogP) is 1.82. The zero-order valence-electron chi connectivity index (χ0n) is 6.16. The first-order valence-corrected chi connectivity index (χ1v) is 3.77. The van der Waals surface area contributed by atoms with E-state index >= 15 is 0 Å². The molecule has 1 heterocycles. The lowest BCUT2D eigenvalue weighted by molar-refractivity contribution is 0.327. The van der Waals surface area contributed by atoms with Crippen molar-refractivity contribution in [1.82, 2.24) is 4.90 Å². The van der Waals surface area contributed by atoms with Crippen LogP contribution >= 0.6 is 11.6 Å². The Balaban J connectivity index is 2.61. The molecular formula is C7H11ClN2. The van der Waals surface area contributed by atoms with Crippen LogP contribution < -0.4 is 0 Å². The van der Waals surface area contributed by atoms with Gasteiger partial charge in [0.1, 0.15) is 5.50 Å². The Morgan fingerprint density at radius 2 is 2.30 bits per heavy atom. The Morgan fingerprint density at radius 3 is 2.70 bits per heavy atom. The summed E-state index contributed by atoms with van der Waals surface area (Å²) in [7, 11) is 0. The maximum atomic E-state index is 5.90. The fraction of sp³-hybridized carbons (Fsp3) is 0.571. The van der Waals surface area contributed by atoms with Crippen LogP contribution in [0.15, 0.2) is 17.4 Å². The molecule has 0 amide bonds. The number of alkyl halides is 1. The summed E-state index contributed by atoms with van der Waals surface area (Å²) in [5.74, 6) is 0. The third-order valence-electron chi connectivity index (χ3n) is 1.42. The lowest BCUT2D eigenvalue weighted by Gasteiger charge is -2.28. The predicted molar refractivity (Wildman–Crippen MR) is 44.2 cm³/mol. The second kappa shape index (κ2) is 3.06. The van der Waals surface area contributed by atoms with Crippen molar-refractivity contribution in [2.75, 3.05) is 0 Å². The maximum Gasteiger partial charge on any atom is 0.139 e. The molecule has 0 saturated carbocycles. The van der Waals surface area contributed by atoms with Crippen molar-refractivity contribution >= 4 is 17.8 Å². The van der Waals surface area contributed by atoms with Crippen LogP contribution in [0, 0.1) is 0 Å². The van der Waals surface area contributed by atoms with Gasteiger partial charge >= 0.3 is 0 Å². The fourth-order valence-corrected chi connectivity index (χ4v) is 1.21. The van der Waals surface area contributed by atoms with Crippen molar-refractivity contribution in [2.45, 2.75) is 25.4 Å². The second-order valence-corrected chi connectivity index (χ2v) is 2.96. The molecular weight excluding hydrogens is 148 g/mol. The molecule has 10 heavy (non-hydrogen) atoms. The molecule has 0 aromatic rings. The molecule has 1 aliphatic rings. The smallest absolute Gasteiger partial charge is 0.139 e. The number of rotatable bonds is 1. The average Bonchev–Trinajstić information content (AvgIpc) is 1.88. The van der Waals surface area contributed by atoms with Crippen molar-refractivity contribution in [3.8, 4) is 0 Å². The summed E-state index contributed by atoms with van der Waals surface area (Å²) in [5, 5.41) is 0. The molecule has 56 valence electrons. The van der Waals surface area contributed by atoms with Gasteiger partial charge in [-0.1, -0.05) is 11.6 Å². The molecule has 0 fully saturated rings. The van der Waals surface area contributed by atoms with Crippen LogP contribution in [0.1, 0.15) is 13.8 Å². The van der Waals surface area contributed by atoms with Crippen molar-refractivity contribution in [1.29, 1.82) is 0 Å². The van der Waals surface area contributed by atoms with Crippen LogP contribution in [0.2, 0.25) is 0 Å². The van der Waals surface area contributed by atoms with E-state index in [-0.39, 0.29) is 5.50 Å². The van der Waals surface area contributed by atoms with E-state index in [2.05, 4.69) is 18.8 Å². The molecule has 0 aromatic carbocycles. The Hall–Kier alpha value is -0.500. The molecule has 3 heteroatoms. The van der Waals surface area contributed by atoms with Gasteiger partial charge in [0.2, 0.25) is 0 Å². The minimum atomic E-state index is -0.0787. The molecule has 0 aliphatic carbocycles. The minimum Gasteiger partial charge on any atom is -0.353 e. The summed E-state index contributed by atoms with van der Waals surface area (Å²) in [4.78, 5) is 5.95.